The Labute approximate surface area is 194 Å². The highest BCUT2D eigenvalue weighted by atomic mass is 32.1. The van der Waals surface area contributed by atoms with Gasteiger partial charge in [0.1, 0.15) is 12.1 Å². The number of aliphatic carboxylic acids is 1. The van der Waals surface area contributed by atoms with Gasteiger partial charge in [-0.05, 0) is 36.1 Å². The van der Waals surface area contributed by atoms with E-state index in [4.69, 9.17) is 4.98 Å². The topological polar surface area (TPSA) is 79.2 Å². The average Bonchev–Trinajstić information content (AvgIpc) is 3.31. The van der Waals surface area contributed by atoms with Crippen molar-refractivity contribution in [2.75, 3.05) is 18.0 Å². The molecular formula is C25H21FN4O2S. The van der Waals surface area contributed by atoms with Crippen LogP contribution in [0.2, 0.25) is 0 Å². The van der Waals surface area contributed by atoms with Crippen molar-refractivity contribution in [1.29, 1.82) is 0 Å². The zero-order valence-corrected chi connectivity index (χ0v) is 18.5. The lowest BCUT2D eigenvalue weighted by molar-refractivity contribution is -0.142. The minimum atomic E-state index is -0.724. The van der Waals surface area contributed by atoms with Crippen molar-refractivity contribution in [1.82, 2.24) is 15.0 Å². The van der Waals surface area contributed by atoms with E-state index < -0.39 is 5.97 Å². The number of anilines is 1. The molecule has 1 saturated heterocycles. The van der Waals surface area contributed by atoms with E-state index in [1.165, 1.54) is 18.5 Å². The van der Waals surface area contributed by atoms with Crippen LogP contribution in [0.4, 0.5) is 9.52 Å². The summed E-state index contributed by atoms with van der Waals surface area (Å²) in [6.45, 7) is 1.33. The van der Waals surface area contributed by atoms with Crippen molar-refractivity contribution in [2.24, 2.45) is 5.92 Å². The van der Waals surface area contributed by atoms with Crippen molar-refractivity contribution in [2.45, 2.75) is 12.8 Å². The van der Waals surface area contributed by atoms with E-state index in [2.05, 4.69) is 14.9 Å². The minimum absolute atomic E-state index is 0.257. The molecule has 3 heterocycles. The predicted octanol–water partition coefficient (Wildman–Crippen LogP) is 5.37. The summed E-state index contributed by atoms with van der Waals surface area (Å²) in [5.41, 5.74) is 4.63. The number of hydrogen-bond donors (Lipinski definition) is 1. The molecule has 0 bridgehead atoms. The van der Waals surface area contributed by atoms with Gasteiger partial charge in [-0.3, -0.25) is 4.79 Å². The summed E-state index contributed by atoms with van der Waals surface area (Å²) < 4.78 is 13.3. The van der Waals surface area contributed by atoms with Gasteiger partial charge in [0.2, 0.25) is 0 Å². The van der Waals surface area contributed by atoms with Gasteiger partial charge in [0.05, 0.1) is 16.5 Å². The summed E-state index contributed by atoms with van der Waals surface area (Å²) in [6, 6.07) is 14.5. The molecule has 2 aromatic carbocycles. The molecule has 166 valence electrons. The largest absolute Gasteiger partial charge is 0.481 e. The van der Waals surface area contributed by atoms with E-state index >= 15 is 0 Å². The number of carboxylic acid groups (broad SMARTS) is 1. The molecule has 0 saturated carbocycles. The molecule has 8 heteroatoms. The van der Waals surface area contributed by atoms with Gasteiger partial charge >= 0.3 is 5.97 Å². The van der Waals surface area contributed by atoms with Gasteiger partial charge in [0.15, 0.2) is 5.13 Å². The molecule has 33 heavy (non-hydrogen) atoms. The van der Waals surface area contributed by atoms with E-state index in [0.29, 0.717) is 25.9 Å². The van der Waals surface area contributed by atoms with Crippen LogP contribution in [0.5, 0.6) is 0 Å². The Morgan fingerprint density at radius 2 is 1.48 bits per heavy atom. The van der Waals surface area contributed by atoms with Crippen LogP contribution in [-0.4, -0.2) is 39.1 Å². The molecule has 0 aliphatic carbocycles. The first-order chi connectivity index (χ1) is 16.1. The predicted molar refractivity (Wildman–Crippen MR) is 127 cm³/mol. The molecule has 0 atom stereocenters. The van der Waals surface area contributed by atoms with Crippen LogP contribution in [-0.2, 0) is 4.79 Å². The fraction of sp³-hybridized carbons (Fsp3) is 0.200. The molecule has 1 N–H and O–H groups in total. The van der Waals surface area contributed by atoms with Crippen LogP contribution in [0, 0.1) is 11.7 Å². The number of aromatic nitrogens is 3. The fourth-order valence-corrected chi connectivity index (χ4v) is 5.15. The number of rotatable bonds is 5. The monoisotopic (exact) mass is 460 g/mol. The molecule has 0 unspecified atom stereocenters. The second-order valence-electron chi connectivity index (χ2n) is 7.99. The zero-order chi connectivity index (χ0) is 22.8. The number of thiazole rings is 1. The molecule has 6 nitrogen and oxygen atoms in total. The van der Waals surface area contributed by atoms with Gasteiger partial charge in [-0.15, -0.1) is 0 Å². The number of nitrogens with zero attached hydrogens (tertiary/aromatic N) is 4. The maximum absolute atomic E-state index is 13.3. The summed E-state index contributed by atoms with van der Waals surface area (Å²) in [7, 11) is 0. The summed E-state index contributed by atoms with van der Waals surface area (Å²) in [5.74, 6) is -1.27. The lowest BCUT2D eigenvalue weighted by Gasteiger charge is -2.29. The Morgan fingerprint density at radius 3 is 2.09 bits per heavy atom. The smallest absolute Gasteiger partial charge is 0.306 e. The van der Waals surface area contributed by atoms with Crippen LogP contribution in [0.15, 0.2) is 67.3 Å². The highest BCUT2D eigenvalue weighted by Crippen LogP contribution is 2.41. The van der Waals surface area contributed by atoms with E-state index in [9.17, 15) is 14.3 Å². The fourth-order valence-electron chi connectivity index (χ4n) is 4.03. The summed E-state index contributed by atoms with van der Waals surface area (Å²) in [5, 5.41) is 10.2. The molecular weight excluding hydrogens is 439 g/mol. The number of benzene rings is 2. The van der Waals surface area contributed by atoms with Crippen molar-refractivity contribution in [3.05, 3.63) is 73.1 Å². The average molecular weight is 461 g/mol. The Kier molecular flexibility index (Phi) is 5.83. The number of carboxylic acids is 1. The molecule has 0 spiro atoms. The van der Waals surface area contributed by atoms with E-state index in [1.54, 1.807) is 35.9 Å². The van der Waals surface area contributed by atoms with Gasteiger partial charge in [0, 0.05) is 36.6 Å². The Morgan fingerprint density at radius 1 is 0.909 bits per heavy atom. The third-order valence-corrected chi connectivity index (χ3v) is 7.05. The van der Waals surface area contributed by atoms with E-state index in [-0.39, 0.29) is 11.7 Å². The van der Waals surface area contributed by atoms with Crippen LogP contribution in [0.3, 0.4) is 0 Å². The SMILES string of the molecule is O=C(O)C1CCN(c2nc(-c3ccc(-c4ccc(F)cc4)cc3)c(-c3cncnc3)s2)CC1. The number of hydrogen-bond acceptors (Lipinski definition) is 6. The van der Waals surface area contributed by atoms with Gasteiger partial charge in [0.25, 0.3) is 0 Å². The summed E-state index contributed by atoms with van der Waals surface area (Å²) in [6.07, 6.45) is 6.27. The first kappa shape index (κ1) is 21.2. The van der Waals surface area contributed by atoms with Crippen LogP contribution in [0.25, 0.3) is 32.8 Å². The Hall–Kier alpha value is -3.65. The number of carbonyl (C=O) groups is 1. The van der Waals surface area contributed by atoms with Crippen molar-refractivity contribution in [3.8, 4) is 32.8 Å². The zero-order valence-electron chi connectivity index (χ0n) is 17.7. The highest BCUT2D eigenvalue weighted by molar-refractivity contribution is 7.19. The standard InChI is InChI=1S/C25H21FN4O2S/c26-21-7-5-17(6-8-21)16-1-3-18(4-2-16)22-23(20-13-27-15-28-14-20)33-25(29-22)30-11-9-19(10-12-30)24(31)32/h1-8,13-15,19H,9-12H2,(H,31,32). The van der Waals surface area contributed by atoms with E-state index in [1.807, 2.05) is 24.3 Å². The molecule has 1 aliphatic heterocycles. The second-order valence-corrected chi connectivity index (χ2v) is 8.96. The van der Waals surface area contributed by atoms with Gasteiger partial charge in [-0.1, -0.05) is 47.7 Å². The number of piperidine rings is 1. The summed E-state index contributed by atoms with van der Waals surface area (Å²) >= 11 is 1.57. The normalized spacial score (nSPS) is 14.4. The molecule has 1 fully saturated rings. The Balaban J connectivity index is 1.48. The quantitative estimate of drug-likeness (QED) is 0.431. The van der Waals surface area contributed by atoms with E-state index in [0.717, 1.165) is 38.0 Å². The van der Waals surface area contributed by atoms with Crippen LogP contribution >= 0.6 is 11.3 Å². The summed E-state index contributed by atoms with van der Waals surface area (Å²) in [4.78, 5) is 27.7. The van der Waals surface area contributed by atoms with Crippen molar-refractivity contribution >= 4 is 22.4 Å². The Bertz CT molecular complexity index is 1250. The molecule has 0 radical (unpaired) electrons. The third kappa shape index (κ3) is 4.47. The van der Waals surface area contributed by atoms with Crippen LogP contribution in [0.1, 0.15) is 12.8 Å². The second kappa shape index (κ2) is 9.07. The molecule has 4 aromatic rings. The lowest BCUT2D eigenvalue weighted by atomic mass is 9.97. The first-order valence-corrected chi connectivity index (χ1v) is 11.5. The third-order valence-electron chi connectivity index (χ3n) is 5.89. The molecule has 0 amide bonds. The van der Waals surface area contributed by atoms with Gasteiger partial charge in [-0.2, -0.15) is 0 Å². The maximum atomic E-state index is 13.3. The lowest BCUT2D eigenvalue weighted by Crippen LogP contribution is -2.36. The molecule has 5 rings (SSSR count). The minimum Gasteiger partial charge on any atom is -0.481 e. The first-order valence-electron chi connectivity index (χ1n) is 10.7. The van der Waals surface area contributed by atoms with Crippen molar-refractivity contribution < 1.29 is 14.3 Å². The molecule has 1 aliphatic rings. The number of halogens is 1. The molecule has 2 aromatic heterocycles. The van der Waals surface area contributed by atoms with Gasteiger partial charge in [-0.25, -0.2) is 19.3 Å². The highest BCUT2D eigenvalue weighted by Gasteiger charge is 2.27. The van der Waals surface area contributed by atoms with Crippen molar-refractivity contribution in [3.63, 3.8) is 0 Å². The maximum Gasteiger partial charge on any atom is 0.306 e. The van der Waals surface area contributed by atoms with Crippen LogP contribution < -0.4 is 4.90 Å². The van der Waals surface area contributed by atoms with Gasteiger partial charge < -0.3 is 10.0 Å².